The van der Waals surface area contributed by atoms with E-state index in [-0.39, 0.29) is 5.91 Å². The molecule has 1 amide bonds. The van der Waals surface area contributed by atoms with Crippen LogP contribution in [0, 0.1) is 0 Å². The van der Waals surface area contributed by atoms with Crippen LogP contribution in [0.5, 0.6) is 0 Å². The van der Waals surface area contributed by atoms with Crippen LogP contribution in [-0.4, -0.2) is 28.4 Å². The largest absolute Gasteiger partial charge is 0.370 e. The molecule has 0 saturated carbocycles. The minimum Gasteiger partial charge on any atom is -0.370 e. The molecule has 1 aliphatic heterocycles. The van der Waals surface area contributed by atoms with Gasteiger partial charge < -0.3 is 14.6 Å². The summed E-state index contributed by atoms with van der Waals surface area (Å²) in [5, 5.41) is 2.76. The summed E-state index contributed by atoms with van der Waals surface area (Å²) in [6.45, 7) is 3.70. The Hall–Kier alpha value is -2.82. The molecule has 3 aromatic heterocycles. The maximum atomic E-state index is 11.3. The highest BCUT2D eigenvalue weighted by Crippen LogP contribution is 2.33. The number of hydrogen-bond acceptors (Lipinski definition) is 3. The molecule has 0 aliphatic carbocycles. The molecular weight excluding hydrogens is 312 g/mol. The van der Waals surface area contributed by atoms with Crippen molar-refractivity contribution < 1.29 is 4.79 Å². The Bertz CT molecular complexity index is 909. The molecule has 0 aromatic carbocycles. The maximum absolute atomic E-state index is 11.3. The zero-order valence-corrected chi connectivity index (χ0v) is 14.4. The number of pyridine rings is 2. The molecule has 1 aliphatic rings. The van der Waals surface area contributed by atoms with Crippen LogP contribution in [-0.2, 0) is 4.79 Å². The second-order valence-electron chi connectivity index (χ2n) is 6.51. The monoisotopic (exact) mass is 334 g/mol. The first-order valence-electron chi connectivity index (χ1n) is 8.82. The number of rotatable bonds is 3. The zero-order valence-electron chi connectivity index (χ0n) is 14.4. The van der Waals surface area contributed by atoms with Crippen LogP contribution in [0.15, 0.2) is 48.7 Å². The number of anilines is 2. The van der Waals surface area contributed by atoms with Crippen molar-refractivity contribution in [1.29, 1.82) is 0 Å². The number of carbonyl (C=O) groups is 1. The van der Waals surface area contributed by atoms with E-state index in [0.29, 0.717) is 5.82 Å². The van der Waals surface area contributed by atoms with Gasteiger partial charge >= 0.3 is 0 Å². The van der Waals surface area contributed by atoms with Crippen LogP contribution in [0.25, 0.3) is 16.9 Å². The van der Waals surface area contributed by atoms with Crippen LogP contribution >= 0.6 is 0 Å². The summed E-state index contributed by atoms with van der Waals surface area (Å²) in [6, 6.07) is 14.2. The van der Waals surface area contributed by atoms with E-state index >= 15 is 0 Å². The van der Waals surface area contributed by atoms with E-state index in [0.717, 1.165) is 24.5 Å². The Labute approximate surface area is 147 Å². The minimum absolute atomic E-state index is 0.112. The summed E-state index contributed by atoms with van der Waals surface area (Å²) in [6.07, 6.45) is 5.88. The highest BCUT2D eigenvalue weighted by atomic mass is 16.1. The fourth-order valence-electron chi connectivity index (χ4n) is 3.55. The van der Waals surface area contributed by atoms with Crippen LogP contribution in [0.3, 0.4) is 0 Å². The average Bonchev–Trinajstić information content (AvgIpc) is 3.02. The molecule has 0 spiro atoms. The molecule has 3 aromatic rings. The van der Waals surface area contributed by atoms with Crippen molar-refractivity contribution in [1.82, 2.24) is 9.38 Å². The van der Waals surface area contributed by atoms with E-state index in [1.165, 1.54) is 37.4 Å². The summed E-state index contributed by atoms with van der Waals surface area (Å²) in [4.78, 5) is 18.4. The number of nitrogens with one attached hydrogen (secondary N) is 1. The molecule has 5 heteroatoms. The van der Waals surface area contributed by atoms with Gasteiger partial charge in [-0.15, -0.1) is 0 Å². The third-order valence-corrected chi connectivity index (χ3v) is 4.67. The van der Waals surface area contributed by atoms with Gasteiger partial charge in [-0.1, -0.05) is 12.1 Å². The van der Waals surface area contributed by atoms with E-state index in [1.807, 2.05) is 24.3 Å². The molecule has 25 heavy (non-hydrogen) atoms. The summed E-state index contributed by atoms with van der Waals surface area (Å²) in [5.41, 5.74) is 4.37. The lowest BCUT2D eigenvalue weighted by molar-refractivity contribution is -0.114. The fraction of sp³-hybridized carbons (Fsp3) is 0.300. The van der Waals surface area contributed by atoms with Gasteiger partial charge in [0.05, 0.1) is 22.6 Å². The molecule has 0 atom stereocenters. The SMILES string of the molecule is CC(=O)Nc1cccc(-c2cc(N3CCCCC3)c3ccccn23)n1. The summed E-state index contributed by atoms with van der Waals surface area (Å²) >= 11 is 0. The molecule has 0 radical (unpaired) electrons. The second-order valence-corrected chi connectivity index (χ2v) is 6.51. The first-order chi connectivity index (χ1) is 12.2. The third-order valence-electron chi connectivity index (χ3n) is 4.67. The van der Waals surface area contributed by atoms with Gasteiger partial charge in [-0.25, -0.2) is 4.98 Å². The molecule has 4 heterocycles. The third kappa shape index (κ3) is 3.09. The highest BCUT2D eigenvalue weighted by molar-refractivity contribution is 5.88. The predicted octanol–water partition coefficient (Wildman–Crippen LogP) is 3.95. The van der Waals surface area contributed by atoms with E-state index in [4.69, 9.17) is 0 Å². The van der Waals surface area contributed by atoms with Gasteiger partial charge in [-0.05, 0) is 49.6 Å². The average molecular weight is 334 g/mol. The van der Waals surface area contributed by atoms with Gasteiger partial charge in [-0.3, -0.25) is 4.79 Å². The summed E-state index contributed by atoms with van der Waals surface area (Å²) in [7, 11) is 0. The standard InChI is InChI=1S/C20H22N4O/c1-15(25)21-20-10-7-8-16(22-20)18-14-19(23-11-4-2-5-12-23)17-9-3-6-13-24(17)18/h3,6-10,13-14H,2,4-5,11-12H2,1H3,(H,21,22,25). The van der Waals surface area contributed by atoms with Crippen molar-refractivity contribution in [3.8, 4) is 11.4 Å². The lowest BCUT2D eigenvalue weighted by atomic mass is 10.1. The Morgan fingerprint density at radius 3 is 2.72 bits per heavy atom. The van der Waals surface area contributed by atoms with Gasteiger partial charge in [0, 0.05) is 26.2 Å². The van der Waals surface area contributed by atoms with Crippen LogP contribution in [0.2, 0.25) is 0 Å². The Balaban J connectivity index is 1.81. The number of fused-ring (bicyclic) bond motifs is 1. The van der Waals surface area contributed by atoms with Gasteiger partial charge in [0.1, 0.15) is 5.82 Å². The number of piperidine rings is 1. The molecule has 0 bridgehead atoms. The molecule has 1 N–H and O–H groups in total. The summed E-state index contributed by atoms with van der Waals surface area (Å²) < 4.78 is 2.18. The van der Waals surface area contributed by atoms with Gasteiger partial charge in [0.25, 0.3) is 0 Å². The first-order valence-corrected chi connectivity index (χ1v) is 8.82. The van der Waals surface area contributed by atoms with Gasteiger partial charge in [0.15, 0.2) is 0 Å². The quantitative estimate of drug-likeness (QED) is 0.789. The normalized spacial score (nSPS) is 14.7. The Kier molecular flexibility index (Phi) is 4.14. The van der Waals surface area contributed by atoms with E-state index < -0.39 is 0 Å². The van der Waals surface area contributed by atoms with E-state index in [9.17, 15) is 4.79 Å². The Morgan fingerprint density at radius 1 is 1.08 bits per heavy atom. The predicted molar refractivity (Wildman–Crippen MR) is 101 cm³/mol. The number of carbonyl (C=O) groups excluding carboxylic acids is 1. The molecular formula is C20H22N4O. The molecule has 0 unspecified atom stereocenters. The molecule has 128 valence electrons. The first kappa shape index (κ1) is 15.7. The lowest BCUT2D eigenvalue weighted by Crippen LogP contribution is -2.29. The van der Waals surface area contributed by atoms with Crippen LogP contribution < -0.4 is 10.2 Å². The minimum atomic E-state index is -0.112. The van der Waals surface area contributed by atoms with Crippen molar-refractivity contribution in [2.24, 2.45) is 0 Å². The number of hydrogen-bond donors (Lipinski definition) is 1. The smallest absolute Gasteiger partial charge is 0.222 e. The van der Waals surface area contributed by atoms with Crippen LogP contribution in [0.1, 0.15) is 26.2 Å². The van der Waals surface area contributed by atoms with E-state index in [2.05, 4.69) is 44.0 Å². The number of nitrogens with zero attached hydrogens (tertiary/aromatic N) is 3. The van der Waals surface area contributed by atoms with Crippen molar-refractivity contribution in [3.63, 3.8) is 0 Å². The highest BCUT2D eigenvalue weighted by Gasteiger charge is 2.18. The number of amides is 1. The van der Waals surface area contributed by atoms with Crippen molar-refractivity contribution in [3.05, 3.63) is 48.7 Å². The van der Waals surface area contributed by atoms with E-state index in [1.54, 1.807) is 0 Å². The number of aromatic nitrogens is 2. The van der Waals surface area contributed by atoms with Crippen molar-refractivity contribution >= 4 is 22.9 Å². The second kappa shape index (κ2) is 6.59. The van der Waals surface area contributed by atoms with Crippen molar-refractivity contribution in [2.45, 2.75) is 26.2 Å². The molecule has 1 saturated heterocycles. The van der Waals surface area contributed by atoms with Crippen LogP contribution in [0.4, 0.5) is 11.5 Å². The van der Waals surface area contributed by atoms with Gasteiger partial charge in [0.2, 0.25) is 5.91 Å². The van der Waals surface area contributed by atoms with Crippen molar-refractivity contribution in [2.75, 3.05) is 23.3 Å². The summed E-state index contributed by atoms with van der Waals surface area (Å²) in [5.74, 6) is 0.467. The Morgan fingerprint density at radius 2 is 1.92 bits per heavy atom. The zero-order chi connectivity index (χ0) is 17.2. The lowest BCUT2D eigenvalue weighted by Gasteiger charge is -2.28. The maximum Gasteiger partial charge on any atom is 0.222 e. The molecule has 4 rings (SSSR count). The topological polar surface area (TPSA) is 49.6 Å². The van der Waals surface area contributed by atoms with Gasteiger partial charge in [-0.2, -0.15) is 0 Å². The molecule has 5 nitrogen and oxygen atoms in total. The fourth-order valence-corrected chi connectivity index (χ4v) is 3.55. The molecule has 1 fully saturated rings.